The van der Waals surface area contributed by atoms with Crippen molar-refractivity contribution < 1.29 is 14.2 Å². The number of benzene rings is 2. The summed E-state index contributed by atoms with van der Waals surface area (Å²) < 4.78 is 16.1. The minimum Gasteiger partial charge on any atom is -0.495 e. The first-order valence-corrected chi connectivity index (χ1v) is 7.70. The van der Waals surface area contributed by atoms with E-state index in [9.17, 15) is 0 Å². The molecule has 0 atom stereocenters. The van der Waals surface area contributed by atoms with Gasteiger partial charge in [0, 0.05) is 11.1 Å². The molecule has 2 aromatic carbocycles. The molecule has 8 heteroatoms. The molecule has 130 valence electrons. The van der Waals surface area contributed by atoms with Crippen LogP contribution in [0.5, 0.6) is 17.2 Å². The number of hydrogen-bond donors (Lipinski definition) is 2. The topological polar surface area (TPSA) is 104 Å². The van der Waals surface area contributed by atoms with E-state index < -0.39 is 0 Å². The monoisotopic (exact) mass is 360 g/mol. The third kappa shape index (κ3) is 2.88. The molecule has 7 nitrogen and oxygen atoms in total. The first kappa shape index (κ1) is 17.1. The number of nitrogens with zero attached hydrogens (tertiary/aromatic N) is 2. The number of hydrogen-bond acceptors (Lipinski definition) is 6. The maximum absolute atomic E-state index is 6.23. The predicted octanol–water partition coefficient (Wildman–Crippen LogP) is 4.00. The number of methoxy groups -OCH3 is 1. The molecule has 0 spiro atoms. The molecule has 1 aromatic heterocycles. The van der Waals surface area contributed by atoms with Crippen LogP contribution in [0.4, 0.5) is 0 Å². The maximum atomic E-state index is 6.23. The molecule has 0 amide bonds. The summed E-state index contributed by atoms with van der Waals surface area (Å²) in [6, 6.07) is 9.41. The van der Waals surface area contributed by atoms with E-state index in [1.54, 1.807) is 13.2 Å². The molecule has 0 unspecified atom stereocenters. The SMILES string of the molecule is COc1ccc(-c2n[nH]nc2-c2cc(C)c3c(c2)OCO3)cc1Cl.N. The Bertz CT molecular complexity index is 926. The molecule has 3 aromatic rings. The Morgan fingerprint density at radius 3 is 2.56 bits per heavy atom. The Hall–Kier alpha value is -2.77. The van der Waals surface area contributed by atoms with E-state index in [-0.39, 0.29) is 12.9 Å². The van der Waals surface area contributed by atoms with E-state index >= 15 is 0 Å². The predicted molar refractivity (Wildman–Crippen MR) is 94.7 cm³/mol. The van der Waals surface area contributed by atoms with Crippen LogP contribution in [0.1, 0.15) is 5.56 Å². The first-order chi connectivity index (χ1) is 11.7. The molecule has 0 radical (unpaired) electrons. The highest BCUT2D eigenvalue weighted by molar-refractivity contribution is 6.32. The fraction of sp³-hybridized carbons (Fsp3) is 0.176. The van der Waals surface area contributed by atoms with Crippen LogP contribution in [-0.4, -0.2) is 29.3 Å². The third-order valence-electron chi connectivity index (χ3n) is 3.90. The van der Waals surface area contributed by atoms with Crippen LogP contribution in [0, 0.1) is 6.92 Å². The molecule has 0 saturated heterocycles. The Morgan fingerprint density at radius 2 is 1.84 bits per heavy atom. The summed E-state index contributed by atoms with van der Waals surface area (Å²) in [5.74, 6) is 2.10. The smallest absolute Gasteiger partial charge is 0.231 e. The Labute approximate surface area is 149 Å². The second-order valence-corrected chi connectivity index (χ2v) is 5.80. The van der Waals surface area contributed by atoms with Crippen molar-refractivity contribution in [3.8, 4) is 39.8 Å². The Kier molecular flexibility index (Phi) is 4.52. The Morgan fingerprint density at radius 1 is 1.08 bits per heavy atom. The van der Waals surface area contributed by atoms with Gasteiger partial charge in [0.15, 0.2) is 11.5 Å². The summed E-state index contributed by atoms with van der Waals surface area (Å²) in [4.78, 5) is 0. The van der Waals surface area contributed by atoms with E-state index in [2.05, 4.69) is 15.4 Å². The molecule has 0 bridgehead atoms. The number of fused-ring (bicyclic) bond motifs is 1. The summed E-state index contributed by atoms with van der Waals surface area (Å²) in [6.45, 7) is 2.21. The molecule has 1 aliphatic heterocycles. The lowest BCUT2D eigenvalue weighted by atomic mass is 10.0. The molecule has 4 rings (SSSR count). The van der Waals surface area contributed by atoms with Crippen LogP contribution in [0.15, 0.2) is 30.3 Å². The van der Waals surface area contributed by atoms with Gasteiger partial charge in [0.2, 0.25) is 6.79 Å². The number of ether oxygens (including phenoxy) is 3. The minimum atomic E-state index is 0. The average molecular weight is 361 g/mol. The average Bonchev–Trinajstić information content (AvgIpc) is 3.23. The lowest BCUT2D eigenvalue weighted by Gasteiger charge is -2.07. The molecular formula is C17H17ClN4O3. The van der Waals surface area contributed by atoms with Crippen molar-refractivity contribution in [2.45, 2.75) is 6.92 Å². The second-order valence-electron chi connectivity index (χ2n) is 5.40. The standard InChI is InChI=1S/C17H14ClN3O3.H3N/c1-9-5-11(7-14-17(9)24-8-23-14)16-15(19-21-20-16)10-3-4-13(22-2)12(18)6-10;/h3-7H,8H2,1-2H3,(H,19,20,21);1H3. The van der Waals surface area contributed by atoms with Gasteiger partial charge in [-0.3, -0.25) is 0 Å². The van der Waals surface area contributed by atoms with Gasteiger partial charge in [-0.05, 0) is 42.8 Å². The zero-order valence-electron chi connectivity index (χ0n) is 13.8. The summed E-state index contributed by atoms with van der Waals surface area (Å²) in [5.41, 5.74) is 4.16. The summed E-state index contributed by atoms with van der Waals surface area (Å²) in [5, 5.41) is 11.8. The molecule has 0 aliphatic carbocycles. The van der Waals surface area contributed by atoms with Crippen LogP contribution in [0.25, 0.3) is 22.5 Å². The van der Waals surface area contributed by atoms with Crippen molar-refractivity contribution in [3.05, 3.63) is 40.9 Å². The van der Waals surface area contributed by atoms with E-state index in [1.165, 1.54) is 0 Å². The first-order valence-electron chi connectivity index (χ1n) is 7.32. The van der Waals surface area contributed by atoms with E-state index in [4.69, 9.17) is 25.8 Å². The fourth-order valence-corrected chi connectivity index (χ4v) is 3.03. The van der Waals surface area contributed by atoms with Crippen LogP contribution in [-0.2, 0) is 0 Å². The molecule has 0 saturated carbocycles. The van der Waals surface area contributed by atoms with Crippen LogP contribution in [0.2, 0.25) is 5.02 Å². The van der Waals surface area contributed by atoms with Crippen LogP contribution in [0.3, 0.4) is 0 Å². The molecular weight excluding hydrogens is 344 g/mol. The molecule has 1 aliphatic rings. The number of aryl methyl sites for hydroxylation is 1. The van der Waals surface area contributed by atoms with E-state index in [0.29, 0.717) is 22.2 Å². The molecule has 2 heterocycles. The highest BCUT2D eigenvalue weighted by Gasteiger charge is 2.21. The number of H-pyrrole nitrogens is 1. The van der Waals surface area contributed by atoms with Gasteiger partial charge in [0.1, 0.15) is 17.1 Å². The van der Waals surface area contributed by atoms with Gasteiger partial charge >= 0.3 is 0 Å². The summed E-state index contributed by atoms with van der Waals surface area (Å²) in [7, 11) is 1.58. The lowest BCUT2D eigenvalue weighted by Crippen LogP contribution is -1.93. The van der Waals surface area contributed by atoms with Crippen LogP contribution >= 0.6 is 11.6 Å². The van der Waals surface area contributed by atoms with Gasteiger partial charge in [-0.2, -0.15) is 15.4 Å². The number of halogens is 1. The van der Waals surface area contributed by atoms with Gasteiger partial charge < -0.3 is 20.4 Å². The van der Waals surface area contributed by atoms with Crippen molar-refractivity contribution in [1.82, 2.24) is 21.6 Å². The van der Waals surface area contributed by atoms with Crippen molar-refractivity contribution in [1.29, 1.82) is 0 Å². The van der Waals surface area contributed by atoms with Crippen molar-refractivity contribution in [2.75, 3.05) is 13.9 Å². The number of aromatic nitrogens is 3. The largest absolute Gasteiger partial charge is 0.495 e. The highest BCUT2D eigenvalue weighted by Crippen LogP contribution is 2.41. The van der Waals surface area contributed by atoms with Gasteiger partial charge in [-0.25, -0.2) is 0 Å². The lowest BCUT2D eigenvalue weighted by molar-refractivity contribution is 0.173. The quantitative estimate of drug-likeness (QED) is 0.731. The molecule has 4 N–H and O–H groups in total. The second kappa shape index (κ2) is 6.62. The molecule has 25 heavy (non-hydrogen) atoms. The number of nitrogens with one attached hydrogen (secondary N) is 1. The summed E-state index contributed by atoms with van der Waals surface area (Å²) in [6.07, 6.45) is 0. The minimum absolute atomic E-state index is 0. The fourth-order valence-electron chi connectivity index (χ4n) is 2.77. The van der Waals surface area contributed by atoms with Crippen LogP contribution < -0.4 is 20.4 Å². The normalized spacial score (nSPS) is 12.0. The number of aromatic amines is 1. The van der Waals surface area contributed by atoms with Crippen molar-refractivity contribution in [2.24, 2.45) is 0 Å². The van der Waals surface area contributed by atoms with Gasteiger partial charge in [0.25, 0.3) is 0 Å². The molecule has 0 fully saturated rings. The van der Waals surface area contributed by atoms with E-state index in [0.717, 1.165) is 28.1 Å². The van der Waals surface area contributed by atoms with Gasteiger partial charge in [0.05, 0.1) is 12.1 Å². The van der Waals surface area contributed by atoms with E-state index in [1.807, 2.05) is 31.2 Å². The van der Waals surface area contributed by atoms with Crippen molar-refractivity contribution >= 4 is 11.6 Å². The zero-order chi connectivity index (χ0) is 16.7. The number of rotatable bonds is 3. The van der Waals surface area contributed by atoms with Gasteiger partial charge in [-0.1, -0.05) is 11.6 Å². The zero-order valence-corrected chi connectivity index (χ0v) is 14.6. The van der Waals surface area contributed by atoms with Crippen molar-refractivity contribution in [3.63, 3.8) is 0 Å². The van der Waals surface area contributed by atoms with Gasteiger partial charge in [-0.15, -0.1) is 0 Å². The maximum Gasteiger partial charge on any atom is 0.231 e. The Balaban J connectivity index is 0.00000182. The third-order valence-corrected chi connectivity index (χ3v) is 4.20. The highest BCUT2D eigenvalue weighted by atomic mass is 35.5. The summed E-state index contributed by atoms with van der Waals surface area (Å²) >= 11 is 6.23.